The SMILES string of the molecule is CCc1ccc(NC(=O)C[C@@H]2SC3=NCCN3C2=O)cc1. The van der Waals surface area contributed by atoms with Crippen LogP contribution in [0.3, 0.4) is 0 Å². The Morgan fingerprint density at radius 1 is 1.43 bits per heavy atom. The summed E-state index contributed by atoms with van der Waals surface area (Å²) in [4.78, 5) is 30.1. The number of benzene rings is 1. The third kappa shape index (κ3) is 2.95. The molecule has 0 bridgehead atoms. The number of amidine groups is 1. The standard InChI is InChI=1S/C15H17N3O2S/c1-2-10-3-5-11(6-4-10)17-13(19)9-12-14(20)18-8-7-16-15(18)21-12/h3-6,12H,2,7-9H2,1H3,(H,17,19)/t12-/m0/s1. The van der Waals surface area contributed by atoms with Crippen LogP contribution in [0.2, 0.25) is 0 Å². The summed E-state index contributed by atoms with van der Waals surface area (Å²) in [5.41, 5.74) is 2.00. The van der Waals surface area contributed by atoms with E-state index < -0.39 is 0 Å². The number of amides is 2. The molecule has 1 aromatic rings. The van der Waals surface area contributed by atoms with Gasteiger partial charge in [0.15, 0.2) is 5.17 Å². The summed E-state index contributed by atoms with van der Waals surface area (Å²) < 4.78 is 0. The molecule has 6 heteroatoms. The normalized spacial score (nSPS) is 20.4. The molecule has 0 aromatic heterocycles. The van der Waals surface area contributed by atoms with Gasteiger partial charge in [0.1, 0.15) is 5.25 Å². The van der Waals surface area contributed by atoms with Gasteiger partial charge in [-0.25, -0.2) is 0 Å². The van der Waals surface area contributed by atoms with Gasteiger partial charge in [0.25, 0.3) is 0 Å². The molecule has 0 aliphatic carbocycles. The molecular weight excluding hydrogens is 286 g/mol. The summed E-state index contributed by atoms with van der Waals surface area (Å²) in [5.74, 6) is -0.125. The number of aliphatic imine (C=N–C) groups is 1. The first-order valence-corrected chi connectivity index (χ1v) is 7.96. The lowest BCUT2D eigenvalue weighted by Gasteiger charge is -2.10. The summed E-state index contributed by atoms with van der Waals surface area (Å²) in [6.07, 6.45) is 1.16. The summed E-state index contributed by atoms with van der Waals surface area (Å²) in [6, 6.07) is 7.77. The van der Waals surface area contributed by atoms with Crippen molar-refractivity contribution in [2.24, 2.45) is 4.99 Å². The van der Waals surface area contributed by atoms with E-state index in [4.69, 9.17) is 0 Å². The fourth-order valence-electron chi connectivity index (χ4n) is 2.42. The molecule has 0 spiro atoms. The Morgan fingerprint density at radius 2 is 2.19 bits per heavy atom. The smallest absolute Gasteiger partial charge is 0.242 e. The molecule has 1 N–H and O–H groups in total. The van der Waals surface area contributed by atoms with E-state index >= 15 is 0 Å². The van der Waals surface area contributed by atoms with Crippen molar-refractivity contribution in [3.63, 3.8) is 0 Å². The minimum atomic E-state index is -0.334. The van der Waals surface area contributed by atoms with Crippen LogP contribution in [0.5, 0.6) is 0 Å². The Labute approximate surface area is 127 Å². The molecule has 2 aliphatic heterocycles. The molecule has 2 aliphatic rings. The lowest BCUT2D eigenvalue weighted by atomic mass is 10.1. The number of thioether (sulfide) groups is 1. The molecule has 1 aromatic carbocycles. The van der Waals surface area contributed by atoms with Crippen LogP contribution in [0.25, 0.3) is 0 Å². The molecule has 3 rings (SSSR count). The maximum atomic E-state index is 12.1. The average molecular weight is 303 g/mol. The van der Waals surface area contributed by atoms with Crippen LogP contribution in [0.1, 0.15) is 18.9 Å². The maximum Gasteiger partial charge on any atom is 0.242 e. The molecule has 21 heavy (non-hydrogen) atoms. The zero-order chi connectivity index (χ0) is 14.8. The topological polar surface area (TPSA) is 61.8 Å². The number of hydrogen-bond donors (Lipinski definition) is 1. The first-order chi connectivity index (χ1) is 10.2. The number of fused-ring (bicyclic) bond motifs is 1. The predicted octanol–water partition coefficient (Wildman–Crippen LogP) is 1.89. The minimum absolute atomic E-state index is 0.00716. The Hall–Kier alpha value is -1.82. The number of carbonyl (C=O) groups excluding carboxylic acids is 2. The zero-order valence-electron chi connectivity index (χ0n) is 11.8. The highest BCUT2D eigenvalue weighted by Crippen LogP contribution is 2.31. The lowest BCUT2D eigenvalue weighted by Crippen LogP contribution is -2.32. The fourth-order valence-corrected chi connectivity index (χ4v) is 3.61. The second-order valence-corrected chi connectivity index (χ2v) is 6.23. The number of hydrogen-bond acceptors (Lipinski definition) is 4. The molecule has 110 valence electrons. The van der Waals surface area contributed by atoms with Crippen LogP contribution < -0.4 is 5.32 Å². The van der Waals surface area contributed by atoms with Crippen molar-refractivity contribution >= 4 is 34.4 Å². The number of nitrogens with zero attached hydrogens (tertiary/aromatic N) is 2. The molecule has 0 saturated carbocycles. The molecule has 2 heterocycles. The van der Waals surface area contributed by atoms with Gasteiger partial charge in [-0.1, -0.05) is 30.8 Å². The van der Waals surface area contributed by atoms with Crippen LogP contribution >= 0.6 is 11.8 Å². The van der Waals surface area contributed by atoms with Gasteiger partial charge in [0.05, 0.1) is 6.54 Å². The highest BCUT2D eigenvalue weighted by Gasteiger charge is 2.40. The van der Waals surface area contributed by atoms with Crippen molar-refractivity contribution < 1.29 is 9.59 Å². The van der Waals surface area contributed by atoms with E-state index in [9.17, 15) is 9.59 Å². The van der Waals surface area contributed by atoms with Crippen LogP contribution in [0.15, 0.2) is 29.3 Å². The van der Waals surface area contributed by atoms with E-state index in [1.165, 1.54) is 17.3 Å². The van der Waals surface area contributed by atoms with Gasteiger partial charge < -0.3 is 5.32 Å². The monoisotopic (exact) mass is 303 g/mol. The maximum absolute atomic E-state index is 12.1. The van der Waals surface area contributed by atoms with Gasteiger partial charge in [-0.15, -0.1) is 0 Å². The quantitative estimate of drug-likeness (QED) is 0.924. The predicted molar refractivity (Wildman–Crippen MR) is 84.5 cm³/mol. The van der Waals surface area contributed by atoms with E-state index in [-0.39, 0.29) is 23.5 Å². The van der Waals surface area contributed by atoms with Crippen LogP contribution in [-0.4, -0.2) is 40.2 Å². The third-order valence-corrected chi connectivity index (χ3v) is 4.82. The number of carbonyl (C=O) groups is 2. The van der Waals surface area contributed by atoms with Crippen molar-refractivity contribution in [1.82, 2.24) is 4.90 Å². The van der Waals surface area contributed by atoms with Gasteiger partial charge in [-0.05, 0) is 24.1 Å². The highest BCUT2D eigenvalue weighted by molar-refractivity contribution is 8.15. The zero-order valence-corrected chi connectivity index (χ0v) is 12.7. The van der Waals surface area contributed by atoms with Crippen molar-refractivity contribution in [3.8, 4) is 0 Å². The summed E-state index contributed by atoms with van der Waals surface area (Å²) >= 11 is 1.40. The minimum Gasteiger partial charge on any atom is -0.326 e. The number of anilines is 1. The van der Waals surface area contributed by atoms with Gasteiger partial charge >= 0.3 is 0 Å². The number of nitrogens with one attached hydrogen (secondary N) is 1. The number of aryl methyl sites for hydroxylation is 1. The average Bonchev–Trinajstić information content (AvgIpc) is 3.04. The molecule has 1 saturated heterocycles. The first kappa shape index (κ1) is 14.1. The summed E-state index contributed by atoms with van der Waals surface area (Å²) in [5, 5.41) is 3.28. The second kappa shape index (κ2) is 5.89. The van der Waals surface area contributed by atoms with Crippen molar-refractivity contribution in [3.05, 3.63) is 29.8 Å². The third-order valence-electron chi connectivity index (χ3n) is 3.61. The van der Waals surface area contributed by atoms with Gasteiger partial charge in [-0.2, -0.15) is 0 Å². The van der Waals surface area contributed by atoms with Crippen molar-refractivity contribution in [2.45, 2.75) is 25.0 Å². The molecule has 5 nitrogen and oxygen atoms in total. The molecule has 0 radical (unpaired) electrons. The largest absolute Gasteiger partial charge is 0.326 e. The van der Waals surface area contributed by atoms with Gasteiger partial charge in [0, 0.05) is 18.7 Å². The Bertz CT molecular complexity index is 597. The first-order valence-electron chi connectivity index (χ1n) is 7.08. The van der Waals surface area contributed by atoms with Gasteiger partial charge in [0.2, 0.25) is 11.8 Å². The van der Waals surface area contributed by atoms with Crippen LogP contribution in [0, 0.1) is 0 Å². The van der Waals surface area contributed by atoms with E-state index in [2.05, 4.69) is 17.2 Å². The van der Waals surface area contributed by atoms with Crippen molar-refractivity contribution in [2.75, 3.05) is 18.4 Å². The molecular formula is C15H17N3O2S. The van der Waals surface area contributed by atoms with E-state index in [1.54, 1.807) is 4.90 Å². The highest BCUT2D eigenvalue weighted by atomic mass is 32.2. The lowest BCUT2D eigenvalue weighted by molar-refractivity contribution is -0.127. The van der Waals surface area contributed by atoms with E-state index in [0.29, 0.717) is 13.1 Å². The van der Waals surface area contributed by atoms with Crippen LogP contribution in [0.4, 0.5) is 5.69 Å². The molecule has 1 fully saturated rings. The molecule has 0 unspecified atom stereocenters. The van der Waals surface area contributed by atoms with Crippen LogP contribution in [-0.2, 0) is 16.0 Å². The number of rotatable bonds is 4. The van der Waals surface area contributed by atoms with E-state index in [1.807, 2.05) is 24.3 Å². The Balaban J connectivity index is 1.58. The molecule has 1 atom stereocenters. The van der Waals surface area contributed by atoms with Gasteiger partial charge in [-0.3, -0.25) is 19.5 Å². The second-order valence-electron chi connectivity index (χ2n) is 5.06. The summed E-state index contributed by atoms with van der Waals surface area (Å²) in [7, 11) is 0. The molecule has 2 amide bonds. The summed E-state index contributed by atoms with van der Waals surface area (Å²) in [6.45, 7) is 3.42. The fraction of sp³-hybridized carbons (Fsp3) is 0.400. The van der Waals surface area contributed by atoms with E-state index in [0.717, 1.165) is 17.3 Å². The van der Waals surface area contributed by atoms with Crippen molar-refractivity contribution in [1.29, 1.82) is 0 Å². The Morgan fingerprint density at radius 3 is 2.86 bits per heavy atom. The Kier molecular flexibility index (Phi) is 3.96.